The number of nitrogens with one attached hydrogen (secondary N) is 2. The smallest absolute Gasteiger partial charge is 0.225 e. The molecule has 1 amide bonds. The van der Waals surface area contributed by atoms with Gasteiger partial charge < -0.3 is 10.6 Å². The Morgan fingerprint density at radius 3 is 2.62 bits per heavy atom. The van der Waals surface area contributed by atoms with E-state index >= 15 is 0 Å². The summed E-state index contributed by atoms with van der Waals surface area (Å²) in [7, 11) is 0. The fraction of sp³-hybridized carbons (Fsp3) is 0.417. The third-order valence-electron chi connectivity index (χ3n) is 2.78. The Bertz CT molecular complexity index is 360. The van der Waals surface area contributed by atoms with Crippen LogP contribution in [0.3, 0.4) is 0 Å². The van der Waals surface area contributed by atoms with Crippen LogP contribution in [0.5, 0.6) is 0 Å². The third kappa shape index (κ3) is 2.97. The largest absolute Gasteiger partial charge is 0.355 e. The molecule has 1 heterocycles. The Balaban J connectivity index is 1.71. The quantitative estimate of drug-likeness (QED) is 0.828. The van der Waals surface area contributed by atoms with Gasteiger partial charge in [-0.3, -0.25) is 4.79 Å². The first-order chi connectivity index (χ1) is 7.75. The molecule has 0 unspecified atom stereocenters. The summed E-state index contributed by atoms with van der Waals surface area (Å²) in [5, 5.41) is 6.76. The van der Waals surface area contributed by atoms with Crippen LogP contribution in [0.25, 0.3) is 0 Å². The molecule has 16 heavy (non-hydrogen) atoms. The Hall–Kier alpha value is -1.06. The van der Waals surface area contributed by atoms with Gasteiger partial charge in [0.1, 0.15) is 0 Å². The topological polar surface area (TPSA) is 41.1 Å². The first-order valence-corrected chi connectivity index (χ1v) is 5.86. The SMILES string of the molecule is O=C(NCCc1ccc(Cl)cc1)C1CNC1. The molecule has 0 aromatic heterocycles. The van der Waals surface area contributed by atoms with E-state index < -0.39 is 0 Å². The summed E-state index contributed by atoms with van der Waals surface area (Å²) in [5.41, 5.74) is 1.19. The van der Waals surface area contributed by atoms with E-state index in [2.05, 4.69) is 10.6 Å². The molecule has 1 aliphatic rings. The molecule has 0 spiro atoms. The number of halogens is 1. The minimum atomic E-state index is 0.160. The summed E-state index contributed by atoms with van der Waals surface area (Å²) >= 11 is 5.79. The average molecular weight is 239 g/mol. The highest BCUT2D eigenvalue weighted by Crippen LogP contribution is 2.09. The van der Waals surface area contributed by atoms with Crippen LogP contribution in [-0.2, 0) is 11.2 Å². The van der Waals surface area contributed by atoms with Gasteiger partial charge in [0.05, 0.1) is 5.92 Å². The molecule has 4 heteroatoms. The van der Waals surface area contributed by atoms with Crippen molar-refractivity contribution < 1.29 is 4.79 Å². The maximum absolute atomic E-state index is 11.5. The summed E-state index contributed by atoms with van der Waals surface area (Å²) in [6, 6.07) is 7.71. The van der Waals surface area contributed by atoms with Gasteiger partial charge in [0.25, 0.3) is 0 Å². The predicted octanol–water partition coefficient (Wildman–Crippen LogP) is 1.22. The van der Waals surface area contributed by atoms with Gasteiger partial charge in [0.15, 0.2) is 0 Å². The van der Waals surface area contributed by atoms with Crippen molar-refractivity contribution in [3.8, 4) is 0 Å². The van der Waals surface area contributed by atoms with Gasteiger partial charge in [0.2, 0.25) is 5.91 Å². The molecule has 0 aliphatic carbocycles. The monoisotopic (exact) mass is 238 g/mol. The molecular formula is C12H15ClN2O. The molecule has 0 atom stereocenters. The highest BCUT2D eigenvalue weighted by Gasteiger charge is 2.23. The molecule has 2 rings (SSSR count). The second kappa shape index (κ2) is 5.32. The lowest BCUT2D eigenvalue weighted by molar-refractivity contribution is -0.126. The molecule has 1 saturated heterocycles. The highest BCUT2D eigenvalue weighted by atomic mass is 35.5. The Labute approximate surface area is 100 Å². The molecule has 3 nitrogen and oxygen atoms in total. The zero-order valence-corrected chi connectivity index (χ0v) is 9.76. The number of rotatable bonds is 4. The van der Waals surface area contributed by atoms with Crippen LogP contribution < -0.4 is 10.6 Å². The normalized spacial score (nSPS) is 15.6. The van der Waals surface area contributed by atoms with E-state index in [0.29, 0.717) is 6.54 Å². The lowest BCUT2D eigenvalue weighted by Gasteiger charge is -2.25. The summed E-state index contributed by atoms with van der Waals surface area (Å²) in [6.07, 6.45) is 0.850. The van der Waals surface area contributed by atoms with Gasteiger partial charge in [0, 0.05) is 24.7 Å². The van der Waals surface area contributed by atoms with Gasteiger partial charge in [-0.25, -0.2) is 0 Å². The number of carbonyl (C=O) groups is 1. The maximum atomic E-state index is 11.5. The van der Waals surface area contributed by atoms with Gasteiger partial charge in [-0.15, -0.1) is 0 Å². The highest BCUT2D eigenvalue weighted by molar-refractivity contribution is 6.30. The fourth-order valence-electron chi connectivity index (χ4n) is 1.60. The Kier molecular flexibility index (Phi) is 3.80. The van der Waals surface area contributed by atoms with Crippen LogP contribution in [0.1, 0.15) is 5.56 Å². The van der Waals surface area contributed by atoms with E-state index in [1.807, 2.05) is 24.3 Å². The van der Waals surface area contributed by atoms with Crippen molar-refractivity contribution >= 4 is 17.5 Å². The minimum Gasteiger partial charge on any atom is -0.355 e. The van der Waals surface area contributed by atoms with Crippen molar-refractivity contribution in [2.45, 2.75) is 6.42 Å². The molecular weight excluding hydrogens is 224 g/mol. The summed E-state index contributed by atoms with van der Waals surface area (Å²) in [4.78, 5) is 11.5. The summed E-state index contributed by atoms with van der Waals surface area (Å²) in [6.45, 7) is 2.32. The number of hydrogen-bond donors (Lipinski definition) is 2. The number of amides is 1. The van der Waals surface area contributed by atoms with E-state index in [1.54, 1.807) is 0 Å². The summed E-state index contributed by atoms with van der Waals surface area (Å²) < 4.78 is 0. The van der Waals surface area contributed by atoms with Crippen LogP contribution >= 0.6 is 11.6 Å². The molecule has 1 aromatic carbocycles. The first-order valence-electron chi connectivity index (χ1n) is 5.48. The van der Waals surface area contributed by atoms with Gasteiger partial charge in [-0.2, -0.15) is 0 Å². The minimum absolute atomic E-state index is 0.160. The zero-order chi connectivity index (χ0) is 11.4. The molecule has 2 N–H and O–H groups in total. The van der Waals surface area contributed by atoms with E-state index in [4.69, 9.17) is 11.6 Å². The third-order valence-corrected chi connectivity index (χ3v) is 3.03. The standard InChI is InChI=1S/C12H15ClN2O/c13-11-3-1-9(2-4-11)5-6-15-12(16)10-7-14-8-10/h1-4,10,14H,5-8H2,(H,15,16). The number of benzene rings is 1. The molecule has 0 saturated carbocycles. The predicted molar refractivity (Wildman–Crippen MR) is 64.5 cm³/mol. The van der Waals surface area contributed by atoms with Gasteiger partial charge in [-0.05, 0) is 24.1 Å². The van der Waals surface area contributed by atoms with E-state index in [-0.39, 0.29) is 11.8 Å². The number of hydrogen-bond acceptors (Lipinski definition) is 2. The molecule has 1 fully saturated rings. The second-order valence-electron chi connectivity index (χ2n) is 4.02. The van der Waals surface area contributed by atoms with Crippen LogP contribution in [0.2, 0.25) is 5.02 Å². The first kappa shape index (κ1) is 11.4. The van der Waals surface area contributed by atoms with E-state index in [0.717, 1.165) is 24.5 Å². The van der Waals surface area contributed by atoms with Crippen LogP contribution in [-0.4, -0.2) is 25.5 Å². The fourth-order valence-corrected chi connectivity index (χ4v) is 1.73. The van der Waals surface area contributed by atoms with E-state index in [9.17, 15) is 4.79 Å². The zero-order valence-electron chi connectivity index (χ0n) is 9.00. The summed E-state index contributed by atoms with van der Waals surface area (Å²) in [5.74, 6) is 0.331. The van der Waals surface area contributed by atoms with Crippen molar-refractivity contribution in [1.29, 1.82) is 0 Å². The van der Waals surface area contributed by atoms with Crippen LogP contribution in [0.4, 0.5) is 0 Å². The van der Waals surface area contributed by atoms with Crippen molar-refractivity contribution in [3.63, 3.8) is 0 Å². The Morgan fingerprint density at radius 1 is 1.38 bits per heavy atom. The molecule has 0 radical (unpaired) electrons. The van der Waals surface area contributed by atoms with E-state index in [1.165, 1.54) is 5.56 Å². The van der Waals surface area contributed by atoms with Gasteiger partial charge in [-0.1, -0.05) is 23.7 Å². The Morgan fingerprint density at radius 2 is 2.06 bits per heavy atom. The van der Waals surface area contributed by atoms with Crippen molar-refractivity contribution in [1.82, 2.24) is 10.6 Å². The average Bonchev–Trinajstić information content (AvgIpc) is 2.18. The maximum Gasteiger partial charge on any atom is 0.225 e. The van der Waals surface area contributed by atoms with Gasteiger partial charge >= 0.3 is 0 Å². The van der Waals surface area contributed by atoms with Crippen molar-refractivity contribution in [3.05, 3.63) is 34.9 Å². The van der Waals surface area contributed by atoms with Crippen molar-refractivity contribution in [2.75, 3.05) is 19.6 Å². The lowest BCUT2D eigenvalue weighted by atomic mass is 10.0. The molecule has 86 valence electrons. The second-order valence-corrected chi connectivity index (χ2v) is 4.46. The molecule has 1 aromatic rings. The van der Waals surface area contributed by atoms with Crippen molar-refractivity contribution in [2.24, 2.45) is 5.92 Å². The van der Waals surface area contributed by atoms with Crippen LogP contribution in [0, 0.1) is 5.92 Å². The number of carbonyl (C=O) groups excluding carboxylic acids is 1. The van der Waals surface area contributed by atoms with Crippen LogP contribution in [0.15, 0.2) is 24.3 Å². The molecule has 0 bridgehead atoms. The lowest BCUT2D eigenvalue weighted by Crippen LogP contribution is -2.51. The molecule has 1 aliphatic heterocycles.